The van der Waals surface area contributed by atoms with Gasteiger partial charge in [-0.25, -0.2) is 0 Å². The minimum absolute atomic E-state index is 0.000863. The van der Waals surface area contributed by atoms with E-state index in [4.69, 9.17) is 0 Å². The highest BCUT2D eigenvalue weighted by Crippen LogP contribution is 2.61. The first-order chi connectivity index (χ1) is 10.1. The fourth-order valence-corrected chi connectivity index (χ4v) is 5.90. The van der Waals surface area contributed by atoms with Crippen LogP contribution in [-0.4, -0.2) is 5.78 Å². The number of carbonyl (C=O) groups is 1. The lowest BCUT2D eigenvalue weighted by Crippen LogP contribution is -2.46. The Balaban J connectivity index is 1.79. The number of fused-ring (bicyclic) bond motifs is 5. The van der Waals surface area contributed by atoms with E-state index in [2.05, 4.69) is 38.1 Å². The molecule has 5 atom stereocenters. The number of rotatable bonds is 1. The number of carbonyl (C=O) groups excluding carboxylic acids is 1. The second-order valence-corrected chi connectivity index (χ2v) is 7.78. The molecule has 0 saturated heterocycles. The third-order valence-corrected chi connectivity index (χ3v) is 7.05. The monoisotopic (exact) mass is 282 g/mol. The van der Waals surface area contributed by atoms with Gasteiger partial charge < -0.3 is 0 Å². The average Bonchev–Trinajstić information content (AvgIpc) is 2.82. The summed E-state index contributed by atoms with van der Waals surface area (Å²) < 4.78 is 0. The molecule has 0 aromatic heterocycles. The molecule has 0 amide bonds. The Labute approximate surface area is 128 Å². The van der Waals surface area contributed by atoms with Gasteiger partial charge in [-0.05, 0) is 60.5 Å². The molecule has 0 spiro atoms. The maximum absolute atomic E-state index is 12.4. The van der Waals surface area contributed by atoms with Crippen molar-refractivity contribution in [1.29, 1.82) is 0 Å². The molecular formula is C20H26O. The number of benzene rings is 1. The van der Waals surface area contributed by atoms with Gasteiger partial charge in [-0.2, -0.15) is 0 Å². The molecule has 0 radical (unpaired) electrons. The number of Topliss-reactive ketones (excluding diaryl/α,β-unsaturated/α-hetero) is 1. The van der Waals surface area contributed by atoms with E-state index in [1.54, 1.807) is 11.1 Å². The fraction of sp³-hybridized carbons (Fsp3) is 0.650. The van der Waals surface area contributed by atoms with Crippen molar-refractivity contribution in [2.45, 2.75) is 58.3 Å². The zero-order chi connectivity index (χ0) is 14.6. The summed E-state index contributed by atoms with van der Waals surface area (Å²) in [7, 11) is 0. The van der Waals surface area contributed by atoms with Gasteiger partial charge in [-0.15, -0.1) is 0 Å². The van der Waals surface area contributed by atoms with Crippen LogP contribution in [0.2, 0.25) is 0 Å². The van der Waals surface area contributed by atoms with Crippen LogP contribution in [0.4, 0.5) is 0 Å². The summed E-state index contributed by atoms with van der Waals surface area (Å²) >= 11 is 0. The van der Waals surface area contributed by atoms with Gasteiger partial charge in [0.2, 0.25) is 0 Å². The van der Waals surface area contributed by atoms with Crippen LogP contribution in [0.5, 0.6) is 0 Å². The summed E-state index contributed by atoms with van der Waals surface area (Å²) in [6.07, 6.45) is 6.81. The minimum atomic E-state index is 0.000863. The largest absolute Gasteiger partial charge is 0.299 e. The summed E-state index contributed by atoms with van der Waals surface area (Å²) in [5, 5.41) is 0. The van der Waals surface area contributed by atoms with Crippen LogP contribution in [0.25, 0.3) is 0 Å². The average molecular weight is 282 g/mol. The Kier molecular flexibility index (Phi) is 3.03. The van der Waals surface area contributed by atoms with Gasteiger partial charge in [-0.1, -0.05) is 44.5 Å². The first-order valence-corrected chi connectivity index (χ1v) is 8.76. The van der Waals surface area contributed by atoms with E-state index in [-0.39, 0.29) is 5.41 Å². The molecule has 1 nitrogen and oxygen atoms in total. The molecule has 0 N–H and O–H groups in total. The molecule has 1 aromatic carbocycles. The second kappa shape index (κ2) is 4.69. The second-order valence-electron chi connectivity index (χ2n) is 7.78. The molecule has 1 unspecified atom stereocenters. The lowest BCUT2D eigenvalue weighted by Gasteiger charge is -2.51. The summed E-state index contributed by atoms with van der Waals surface area (Å²) in [6, 6.07) is 9.09. The van der Waals surface area contributed by atoms with E-state index >= 15 is 0 Å². The van der Waals surface area contributed by atoms with Crippen molar-refractivity contribution >= 4 is 5.78 Å². The van der Waals surface area contributed by atoms with Crippen LogP contribution in [0, 0.1) is 23.2 Å². The van der Waals surface area contributed by atoms with E-state index in [1.807, 2.05) is 0 Å². The van der Waals surface area contributed by atoms with Crippen LogP contribution in [0.15, 0.2) is 24.3 Å². The lowest BCUT2D eigenvalue weighted by atomic mass is 9.52. The molecule has 1 aromatic rings. The van der Waals surface area contributed by atoms with Gasteiger partial charge in [0.15, 0.2) is 0 Å². The molecule has 21 heavy (non-hydrogen) atoms. The van der Waals surface area contributed by atoms with Crippen molar-refractivity contribution in [1.82, 2.24) is 0 Å². The molecule has 0 bridgehead atoms. The van der Waals surface area contributed by atoms with Crippen molar-refractivity contribution in [3.63, 3.8) is 0 Å². The van der Waals surface area contributed by atoms with E-state index in [1.165, 1.54) is 19.3 Å². The normalized spacial score (nSPS) is 41.3. The molecule has 3 aliphatic rings. The van der Waals surface area contributed by atoms with Crippen LogP contribution in [0.3, 0.4) is 0 Å². The highest BCUT2D eigenvalue weighted by Gasteiger charge is 2.56. The highest BCUT2D eigenvalue weighted by atomic mass is 16.1. The number of hydrogen-bond donors (Lipinski definition) is 0. The van der Waals surface area contributed by atoms with Crippen molar-refractivity contribution in [2.24, 2.45) is 23.2 Å². The highest BCUT2D eigenvalue weighted by molar-refractivity contribution is 5.87. The van der Waals surface area contributed by atoms with Gasteiger partial charge in [0.25, 0.3) is 0 Å². The summed E-state index contributed by atoms with van der Waals surface area (Å²) in [5.74, 6) is 3.43. The minimum Gasteiger partial charge on any atom is -0.299 e. The standard InChI is InChI=1S/C20H26O/c1-3-13-12-14-6-4-5-7-15(14)16-10-11-20(2)17(19(13)16)8-9-18(20)21/h4-7,13,16-17,19H,3,8-12H2,1-2H3/t13?,16-,17+,19-,20+/m1/s1. The van der Waals surface area contributed by atoms with Gasteiger partial charge in [-0.3, -0.25) is 4.79 Å². The Morgan fingerprint density at radius 1 is 1.24 bits per heavy atom. The lowest BCUT2D eigenvalue weighted by molar-refractivity contribution is -0.130. The quantitative estimate of drug-likeness (QED) is 0.726. The molecule has 2 saturated carbocycles. The summed E-state index contributed by atoms with van der Waals surface area (Å²) in [5.41, 5.74) is 3.19. The molecule has 0 heterocycles. The van der Waals surface area contributed by atoms with E-state index in [9.17, 15) is 4.79 Å². The smallest absolute Gasteiger partial charge is 0.139 e. The van der Waals surface area contributed by atoms with Crippen LogP contribution < -0.4 is 0 Å². The van der Waals surface area contributed by atoms with Gasteiger partial charge >= 0.3 is 0 Å². The summed E-state index contributed by atoms with van der Waals surface area (Å²) in [6.45, 7) is 4.62. The molecule has 4 rings (SSSR count). The van der Waals surface area contributed by atoms with E-state index in [0.717, 1.165) is 31.1 Å². The van der Waals surface area contributed by atoms with Gasteiger partial charge in [0, 0.05) is 11.8 Å². The van der Waals surface area contributed by atoms with Crippen LogP contribution in [0.1, 0.15) is 63.0 Å². The first kappa shape index (κ1) is 13.5. The summed E-state index contributed by atoms with van der Waals surface area (Å²) in [4.78, 5) is 12.4. The fourth-order valence-electron chi connectivity index (χ4n) is 5.90. The molecule has 2 fully saturated rings. The Hall–Kier alpha value is -1.11. The number of ketones is 1. The number of hydrogen-bond acceptors (Lipinski definition) is 1. The predicted molar refractivity (Wildman–Crippen MR) is 85.2 cm³/mol. The van der Waals surface area contributed by atoms with Crippen molar-refractivity contribution < 1.29 is 4.79 Å². The maximum Gasteiger partial charge on any atom is 0.139 e. The molecule has 3 aliphatic carbocycles. The zero-order valence-corrected chi connectivity index (χ0v) is 13.3. The van der Waals surface area contributed by atoms with Crippen molar-refractivity contribution in [2.75, 3.05) is 0 Å². The Morgan fingerprint density at radius 2 is 2.05 bits per heavy atom. The zero-order valence-electron chi connectivity index (χ0n) is 13.3. The van der Waals surface area contributed by atoms with E-state index < -0.39 is 0 Å². The molecule has 0 aliphatic heterocycles. The van der Waals surface area contributed by atoms with Gasteiger partial charge in [0.05, 0.1) is 0 Å². The van der Waals surface area contributed by atoms with Crippen molar-refractivity contribution in [3.8, 4) is 0 Å². The topological polar surface area (TPSA) is 17.1 Å². The third-order valence-electron chi connectivity index (χ3n) is 7.05. The van der Waals surface area contributed by atoms with Crippen molar-refractivity contribution in [3.05, 3.63) is 35.4 Å². The third kappa shape index (κ3) is 1.79. The van der Waals surface area contributed by atoms with Gasteiger partial charge in [0.1, 0.15) is 5.78 Å². The Bertz CT molecular complexity index is 575. The predicted octanol–water partition coefficient (Wildman–Crippen LogP) is 4.75. The van der Waals surface area contributed by atoms with Crippen LogP contribution >= 0.6 is 0 Å². The maximum atomic E-state index is 12.4. The van der Waals surface area contributed by atoms with E-state index in [0.29, 0.717) is 17.6 Å². The van der Waals surface area contributed by atoms with Crippen LogP contribution in [-0.2, 0) is 11.2 Å². The first-order valence-electron chi connectivity index (χ1n) is 8.76. The molecule has 1 heteroatoms. The molecular weight excluding hydrogens is 256 g/mol. The molecule has 112 valence electrons. The SMILES string of the molecule is CCC1Cc2ccccc2[C@H]2CC[C@]3(C)C(=O)CC[C@H]3[C@H]12. The Morgan fingerprint density at radius 3 is 2.86 bits per heavy atom.